The highest BCUT2D eigenvalue weighted by Gasteiger charge is 2.45. The summed E-state index contributed by atoms with van der Waals surface area (Å²) in [6.45, 7) is 10.7. The second kappa shape index (κ2) is 4.30. The summed E-state index contributed by atoms with van der Waals surface area (Å²) < 4.78 is 5.19. The number of hydrogen-bond donors (Lipinski definition) is 1. The molecule has 0 saturated heterocycles. The average Bonchev–Trinajstić information content (AvgIpc) is 2.36. The van der Waals surface area contributed by atoms with E-state index in [0.717, 1.165) is 11.0 Å². The molecule has 1 aliphatic rings. The fourth-order valence-corrected chi connectivity index (χ4v) is 1.87. The van der Waals surface area contributed by atoms with Crippen molar-refractivity contribution in [3.8, 4) is 0 Å². The molecule has 5 nitrogen and oxygen atoms in total. The number of carbonyl (C=O) groups excluding carboxylic acids is 2. The number of ether oxygens (including phenoxy) is 1. The van der Waals surface area contributed by atoms with Crippen LogP contribution in [0.2, 0.25) is 0 Å². The van der Waals surface area contributed by atoms with Gasteiger partial charge in [-0.25, -0.2) is 9.69 Å². The Bertz CT molecular complexity index is 398. The van der Waals surface area contributed by atoms with Gasteiger partial charge in [-0.3, -0.25) is 4.79 Å². The summed E-state index contributed by atoms with van der Waals surface area (Å²) in [6, 6.07) is -0.681. The lowest BCUT2D eigenvalue weighted by Crippen LogP contribution is -2.49. The van der Waals surface area contributed by atoms with Crippen molar-refractivity contribution in [3.05, 3.63) is 11.8 Å². The summed E-state index contributed by atoms with van der Waals surface area (Å²) in [5.41, 5.74) is -1.14. The van der Waals surface area contributed by atoms with Crippen molar-refractivity contribution in [1.29, 1.82) is 0 Å². The molecule has 0 bridgehead atoms. The Morgan fingerprint density at radius 1 is 1.28 bits per heavy atom. The van der Waals surface area contributed by atoms with E-state index in [0.29, 0.717) is 0 Å². The molecule has 18 heavy (non-hydrogen) atoms. The number of aliphatic hydroxyl groups is 1. The van der Waals surface area contributed by atoms with Crippen LogP contribution in [0.3, 0.4) is 0 Å². The molecule has 0 radical (unpaired) electrons. The molecule has 1 rings (SSSR count). The van der Waals surface area contributed by atoms with Gasteiger partial charge in [0.15, 0.2) is 0 Å². The van der Waals surface area contributed by atoms with Gasteiger partial charge in [-0.05, 0) is 26.2 Å². The van der Waals surface area contributed by atoms with E-state index >= 15 is 0 Å². The molecule has 0 fully saturated rings. The van der Waals surface area contributed by atoms with Gasteiger partial charge in [0.25, 0.3) is 5.91 Å². The Kier molecular flexibility index (Phi) is 3.47. The Morgan fingerprint density at radius 2 is 1.78 bits per heavy atom. The first-order chi connectivity index (χ1) is 7.93. The van der Waals surface area contributed by atoms with Gasteiger partial charge >= 0.3 is 6.09 Å². The molecule has 0 aromatic heterocycles. The molecular formula is C13H21NO4. The van der Waals surface area contributed by atoms with E-state index < -0.39 is 29.1 Å². The fourth-order valence-electron chi connectivity index (χ4n) is 1.87. The van der Waals surface area contributed by atoms with Gasteiger partial charge in [-0.2, -0.15) is 0 Å². The molecule has 0 saturated carbocycles. The van der Waals surface area contributed by atoms with Crippen molar-refractivity contribution in [1.82, 2.24) is 4.90 Å². The van der Waals surface area contributed by atoms with Crippen LogP contribution in [0.15, 0.2) is 11.8 Å². The van der Waals surface area contributed by atoms with E-state index in [-0.39, 0.29) is 5.76 Å². The molecule has 1 aliphatic heterocycles. The Morgan fingerprint density at radius 3 is 2.17 bits per heavy atom. The van der Waals surface area contributed by atoms with Crippen molar-refractivity contribution in [2.24, 2.45) is 5.41 Å². The smallest absolute Gasteiger partial charge is 0.418 e. The molecule has 1 N–H and O–H groups in total. The first-order valence-corrected chi connectivity index (χ1v) is 5.90. The Labute approximate surface area is 107 Å². The minimum absolute atomic E-state index is 0.0987. The quantitative estimate of drug-likeness (QED) is 0.722. The van der Waals surface area contributed by atoms with Gasteiger partial charge in [0.1, 0.15) is 17.4 Å². The summed E-state index contributed by atoms with van der Waals surface area (Å²) in [5.74, 6) is -0.639. The molecule has 2 amide bonds. The summed E-state index contributed by atoms with van der Waals surface area (Å²) in [4.78, 5) is 24.7. The second-order valence-corrected chi connectivity index (χ2v) is 6.53. The molecule has 0 aliphatic carbocycles. The molecule has 102 valence electrons. The largest absolute Gasteiger partial charge is 0.510 e. The molecule has 1 atom stereocenters. The van der Waals surface area contributed by atoms with Crippen molar-refractivity contribution in [2.75, 3.05) is 0 Å². The van der Waals surface area contributed by atoms with Gasteiger partial charge in [0.2, 0.25) is 0 Å². The Balaban J connectivity index is 3.00. The zero-order valence-corrected chi connectivity index (χ0v) is 11.8. The van der Waals surface area contributed by atoms with Gasteiger partial charge in [-0.15, -0.1) is 0 Å². The predicted molar refractivity (Wildman–Crippen MR) is 67.0 cm³/mol. The number of nitrogens with zero attached hydrogens (tertiary/aromatic N) is 1. The van der Waals surface area contributed by atoms with E-state index in [1.165, 1.54) is 0 Å². The van der Waals surface area contributed by atoms with Gasteiger partial charge < -0.3 is 9.84 Å². The maximum atomic E-state index is 12.0. The highest BCUT2D eigenvalue weighted by molar-refractivity contribution is 6.02. The summed E-state index contributed by atoms with van der Waals surface area (Å²) in [5, 5.41) is 9.80. The third-order valence-corrected chi connectivity index (χ3v) is 2.46. The first-order valence-electron chi connectivity index (χ1n) is 5.90. The molecule has 0 aromatic carbocycles. The molecule has 0 aromatic rings. The van der Waals surface area contributed by atoms with Crippen LogP contribution in [0, 0.1) is 5.41 Å². The highest BCUT2D eigenvalue weighted by Crippen LogP contribution is 2.34. The highest BCUT2D eigenvalue weighted by atomic mass is 16.6. The maximum Gasteiger partial charge on any atom is 0.418 e. The fraction of sp³-hybridized carbons (Fsp3) is 0.692. The van der Waals surface area contributed by atoms with Gasteiger partial charge in [-0.1, -0.05) is 20.8 Å². The van der Waals surface area contributed by atoms with Gasteiger partial charge in [0.05, 0.1) is 0 Å². The molecule has 1 heterocycles. The number of amides is 2. The average molecular weight is 255 g/mol. The number of imide groups is 1. The molecule has 0 unspecified atom stereocenters. The lowest BCUT2D eigenvalue weighted by Gasteiger charge is -2.34. The van der Waals surface area contributed by atoms with E-state index in [1.807, 2.05) is 20.8 Å². The number of rotatable bonds is 0. The van der Waals surface area contributed by atoms with Crippen LogP contribution in [0.25, 0.3) is 0 Å². The van der Waals surface area contributed by atoms with E-state index in [4.69, 9.17) is 4.74 Å². The lowest BCUT2D eigenvalue weighted by molar-refractivity contribution is -0.127. The molecule has 0 spiro atoms. The zero-order valence-electron chi connectivity index (χ0n) is 11.8. The van der Waals surface area contributed by atoms with Crippen molar-refractivity contribution >= 4 is 12.0 Å². The van der Waals surface area contributed by atoms with Crippen LogP contribution in [0.1, 0.15) is 41.5 Å². The van der Waals surface area contributed by atoms with Crippen molar-refractivity contribution in [3.63, 3.8) is 0 Å². The molecule has 5 heteroatoms. The van der Waals surface area contributed by atoms with Crippen molar-refractivity contribution in [2.45, 2.75) is 53.2 Å². The summed E-state index contributed by atoms with van der Waals surface area (Å²) in [6.07, 6.45) is 0.340. The normalized spacial score (nSPS) is 21.0. The standard InChI is InChI=1S/C13H21NO4/c1-12(2,3)10-8(15)7-9(16)14(10)11(17)18-13(4,5)6/h7,10,15H,1-6H3/t10-/m1/s1. The summed E-state index contributed by atoms with van der Waals surface area (Å²) in [7, 11) is 0. The van der Waals surface area contributed by atoms with Crippen LogP contribution in [0.5, 0.6) is 0 Å². The molecular weight excluding hydrogens is 234 g/mol. The number of aliphatic hydroxyl groups excluding tert-OH is 1. The first kappa shape index (κ1) is 14.5. The predicted octanol–water partition coefficient (Wildman–Crippen LogP) is 2.62. The second-order valence-electron chi connectivity index (χ2n) is 6.53. The summed E-state index contributed by atoms with van der Waals surface area (Å²) >= 11 is 0. The van der Waals surface area contributed by atoms with Crippen LogP contribution >= 0.6 is 0 Å². The van der Waals surface area contributed by atoms with E-state index in [9.17, 15) is 14.7 Å². The van der Waals surface area contributed by atoms with Crippen molar-refractivity contribution < 1.29 is 19.4 Å². The minimum atomic E-state index is -0.729. The maximum absolute atomic E-state index is 12.0. The Hall–Kier alpha value is -1.52. The van der Waals surface area contributed by atoms with E-state index in [1.54, 1.807) is 20.8 Å². The van der Waals surface area contributed by atoms with Gasteiger partial charge in [0, 0.05) is 6.08 Å². The SMILES string of the molecule is CC(C)(C)OC(=O)N1C(=O)C=C(O)[C@@H]1C(C)(C)C. The van der Waals surface area contributed by atoms with E-state index in [2.05, 4.69) is 0 Å². The number of carbonyl (C=O) groups is 2. The lowest BCUT2D eigenvalue weighted by atomic mass is 9.86. The van der Waals surface area contributed by atoms with Crippen LogP contribution in [-0.2, 0) is 9.53 Å². The van der Waals surface area contributed by atoms with Crippen LogP contribution in [-0.4, -0.2) is 33.6 Å². The van der Waals surface area contributed by atoms with Crippen LogP contribution in [0.4, 0.5) is 4.79 Å². The number of hydrogen-bond acceptors (Lipinski definition) is 4. The van der Waals surface area contributed by atoms with Crippen LogP contribution < -0.4 is 0 Å². The minimum Gasteiger partial charge on any atom is -0.510 e. The zero-order chi connectivity index (χ0) is 14.3. The third-order valence-electron chi connectivity index (χ3n) is 2.46. The topological polar surface area (TPSA) is 66.8 Å². The third kappa shape index (κ3) is 3.03. The monoisotopic (exact) mass is 255 g/mol.